The Morgan fingerprint density at radius 2 is 1.79 bits per heavy atom. The summed E-state index contributed by atoms with van der Waals surface area (Å²) < 4.78 is 25.2. The molecule has 0 amide bonds. The van der Waals surface area contributed by atoms with Crippen LogP contribution in [0.5, 0.6) is 0 Å². The first-order valence-electron chi connectivity index (χ1n) is 5.92. The van der Waals surface area contributed by atoms with Gasteiger partial charge in [-0.25, -0.2) is 13.1 Å². The van der Waals surface area contributed by atoms with Gasteiger partial charge in [0.05, 0.1) is 4.75 Å². The molecule has 0 radical (unpaired) electrons. The van der Waals surface area contributed by atoms with Crippen molar-refractivity contribution in [1.82, 2.24) is 4.72 Å². The smallest absolute Gasteiger partial charge is 0.322 e. The van der Waals surface area contributed by atoms with Gasteiger partial charge in [0.15, 0.2) is 0 Å². The van der Waals surface area contributed by atoms with Gasteiger partial charge in [0.2, 0.25) is 10.0 Å². The van der Waals surface area contributed by atoms with E-state index in [-0.39, 0.29) is 6.42 Å². The van der Waals surface area contributed by atoms with Crippen LogP contribution in [0.1, 0.15) is 26.3 Å². The van der Waals surface area contributed by atoms with Crippen LogP contribution in [0.25, 0.3) is 0 Å². The van der Waals surface area contributed by atoms with Crippen LogP contribution < -0.4 is 4.72 Å². The Hall–Kier alpha value is -1.40. The van der Waals surface area contributed by atoms with Gasteiger partial charge in [-0.3, -0.25) is 4.79 Å². The lowest BCUT2D eigenvalue weighted by atomic mass is 10.1. The lowest BCUT2D eigenvalue weighted by Crippen LogP contribution is -2.48. The Morgan fingerprint density at radius 1 is 1.26 bits per heavy atom. The highest BCUT2D eigenvalue weighted by Crippen LogP contribution is 2.15. The third kappa shape index (κ3) is 4.33. The predicted octanol–water partition coefficient (Wildman–Crippen LogP) is 1.40. The normalized spacial score (nSPS) is 14.1. The Morgan fingerprint density at radius 3 is 2.21 bits per heavy atom. The molecular formula is C13H19NO4S. The maximum atomic E-state index is 12.0. The summed E-state index contributed by atoms with van der Waals surface area (Å²) in [6, 6.07) is 7.76. The van der Waals surface area contributed by atoms with Crippen molar-refractivity contribution < 1.29 is 18.3 Å². The van der Waals surface area contributed by atoms with E-state index in [1.54, 1.807) is 24.3 Å². The number of hydrogen-bond acceptors (Lipinski definition) is 3. The monoisotopic (exact) mass is 285 g/mol. The van der Waals surface area contributed by atoms with Crippen molar-refractivity contribution >= 4 is 16.0 Å². The van der Waals surface area contributed by atoms with Gasteiger partial charge in [0.1, 0.15) is 6.04 Å². The highest BCUT2D eigenvalue weighted by Gasteiger charge is 2.33. The molecule has 0 spiro atoms. The molecule has 5 nitrogen and oxygen atoms in total. The molecule has 0 heterocycles. The molecule has 106 valence electrons. The van der Waals surface area contributed by atoms with Gasteiger partial charge in [-0.05, 0) is 32.8 Å². The molecule has 0 aliphatic heterocycles. The molecule has 1 aromatic rings. The van der Waals surface area contributed by atoms with Gasteiger partial charge in [-0.2, -0.15) is 0 Å². The Balaban J connectivity index is 2.90. The standard InChI is InChI=1S/C13H19NO4S/c1-13(2,3)19(17,18)14-11(12(15)16)9-10-7-5-4-6-8-10/h4-8,11,14H,9H2,1-3H3,(H,15,16). The van der Waals surface area contributed by atoms with E-state index >= 15 is 0 Å². The third-order valence-corrected chi connectivity index (χ3v) is 4.89. The van der Waals surface area contributed by atoms with Crippen LogP contribution >= 0.6 is 0 Å². The summed E-state index contributed by atoms with van der Waals surface area (Å²) in [4.78, 5) is 11.2. The van der Waals surface area contributed by atoms with Crippen LogP contribution in [0.3, 0.4) is 0 Å². The first-order chi connectivity index (χ1) is 8.63. The molecule has 0 bridgehead atoms. The summed E-state index contributed by atoms with van der Waals surface area (Å²) in [6.07, 6.45) is 0.117. The van der Waals surface area contributed by atoms with Crippen molar-refractivity contribution in [3.63, 3.8) is 0 Å². The zero-order valence-corrected chi connectivity index (χ0v) is 12.1. The quantitative estimate of drug-likeness (QED) is 0.856. The van der Waals surface area contributed by atoms with Gasteiger partial charge in [0, 0.05) is 0 Å². The van der Waals surface area contributed by atoms with Crippen LogP contribution in [0.15, 0.2) is 30.3 Å². The zero-order chi connectivity index (χ0) is 14.7. The highest BCUT2D eigenvalue weighted by molar-refractivity contribution is 7.90. The van der Waals surface area contributed by atoms with Crippen LogP contribution in [0.4, 0.5) is 0 Å². The fourth-order valence-corrected chi connectivity index (χ4v) is 2.31. The van der Waals surface area contributed by atoms with E-state index in [0.717, 1.165) is 5.56 Å². The summed E-state index contributed by atoms with van der Waals surface area (Å²) in [5.41, 5.74) is 0.770. The van der Waals surface area contributed by atoms with Crippen LogP contribution in [-0.2, 0) is 21.2 Å². The molecule has 0 aliphatic carbocycles. The summed E-state index contributed by atoms with van der Waals surface area (Å²) in [6.45, 7) is 4.57. The number of carbonyl (C=O) groups is 1. The number of benzene rings is 1. The molecule has 1 aromatic carbocycles. The number of nitrogens with one attached hydrogen (secondary N) is 1. The maximum Gasteiger partial charge on any atom is 0.322 e. The number of rotatable bonds is 5. The Kier molecular flexibility index (Phi) is 4.70. The van der Waals surface area contributed by atoms with Crippen molar-refractivity contribution in [2.45, 2.75) is 38.0 Å². The van der Waals surface area contributed by atoms with Crippen molar-refractivity contribution in [3.05, 3.63) is 35.9 Å². The van der Waals surface area contributed by atoms with Crippen LogP contribution in [0, 0.1) is 0 Å². The lowest BCUT2D eigenvalue weighted by molar-refractivity contribution is -0.138. The minimum Gasteiger partial charge on any atom is -0.480 e. The molecule has 0 saturated heterocycles. The summed E-state index contributed by atoms with van der Waals surface area (Å²) in [5, 5.41) is 9.14. The van der Waals surface area contributed by atoms with Gasteiger partial charge >= 0.3 is 5.97 Å². The minimum absolute atomic E-state index is 0.117. The summed E-state index contributed by atoms with van der Waals surface area (Å²) >= 11 is 0. The molecule has 0 aromatic heterocycles. The number of sulfonamides is 1. The molecule has 0 fully saturated rings. The molecule has 2 N–H and O–H groups in total. The number of carboxylic acid groups (broad SMARTS) is 1. The molecule has 1 unspecified atom stereocenters. The van der Waals surface area contributed by atoms with E-state index in [2.05, 4.69) is 4.72 Å². The molecule has 1 rings (SSSR count). The van der Waals surface area contributed by atoms with Gasteiger partial charge < -0.3 is 5.11 Å². The van der Waals surface area contributed by atoms with E-state index in [9.17, 15) is 13.2 Å². The van der Waals surface area contributed by atoms with Crippen molar-refractivity contribution in [2.75, 3.05) is 0 Å². The molecule has 6 heteroatoms. The molecule has 19 heavy (non-hydrogen) atoms. The SMILES string of the molecule is CC(C)(C)S(=O)(=O)NC(Cc1ccccc1)C(=O)O. The molecular weight excluding hydrogens is 266 g/mol. The largest absolute Gasteiger partial charge is 0.480 e. The number of carboxylic acids is 1. The second-order valence-corrected chi connectivity index (χ2v) is 7.78. The predicted molar refractivity (Wildman–Crippen MR) is 73.4 cm³/mol. The Labute approximate surface area is 113 Å². The van der Waals surface area contributed by atoms with E-state index in [1.165, 1.54) is 20.8 Å². The van der Waals surface area contributed by atoms with Crippen LogP contribution in [-0.4, -0.2) is 30.3 Å². The Bertz CT molecular complexity index is 532. The van der Waals surface area contributed by atoms with Crippen molar-refractivity contribution in [1.29, 1.82) is 0 Å². The maximum absolute atomic E-state index is 12.0. The lowest BCUT2D eigenvalue weighted by Gasteiger charge is -2.23. The van der Waals surface area contributed by atoms with Gasteiger partial charge in [0.25, 0.3) is 0 Å². The summed E-state index contributed by atoms with van der Waals surface area (Å²) in [7, 11) is -3.69. The number of aliphatic carboxylic acids is 1. The second kappa shape index (κ2) is 5.71. The molecule has 0 aliphatic rings. The first kappa shape index (κ1) is 15.7. The molecule has 0 saturated carbocycles. The highest BCUT2D eigenvalue weighted by atomic mass is 32.2. The van der Waals surface area contributed by atoms with E-state index in [0.29, 0.717) is 0 Å². The van der Waals surface area contributed by atoms with Crippen molar-refractivity contribution in [3.8, 4) is 0 Å². The average molecular weight is 285 g/mol. The number of hydrogen-bond donors (Lipinski definition) is 2. The fourth-order valence-electron chi connectivity index (χ4n) is 1.39. The van der Waals surface area contributed by atoms with Crippen molar-refractivity contribution in [2.24, 2.45) is 0 Å². The first-order valence-corrected chi connectivity index (χ1v) is 7.40. The topological polar surface area (TPSA) is 83.5 Å². The minimum atomic E-state index is -3.69. The van der Waals surface area contributed by atoms with Gasteiger partial charge in [-0.1, -0.05) is 30.3 Å². The fraction of sp³-hybridized carbons (Fsp3) is 0.462. The summed E-state index contributed by atoms with van der Waals surface area (Å²) in [5.74, 6) is -1.18. The van der Waals surface area contributed by atoms with E-state index < -0.39 is 26.8 Å². The van der Waals surface area contributed by atoms with Crippen LogP contribution in [0.2, 0.25) is 0 Å². The third-order valence-electron chi connectivity index (χ3n) is 2.68. The van der Waals surface area contributed by atoms with E-state index in [4.69, 9.17) is 5.11 Å². The van der Waals surface area contributed by atoms with Gasteiger partial charge in [-0.15, -0.1) is 0 Å². The average Bonchev–Trinajstić information content (AvgIpc) is 2.27. The molecule has 1 atom stereocenters. The second-order valence-electron chi connectivity index (χ2n) is 5.31. The van der Waals surface area contributed by atoms with E-state index in [1.807, 2.05) is 6.07 Å². The zero-order valence-electron chi connectivity index (χ0n) is 11.3.